The van der Waals surface area contributed by atoms with Crippen molar-refractivity contribution in [3.05, 3.63) is 71.9 Å². The molecule has 0 aliphatic heterocycles. The van der Waals surface area contributed by atoms with Gasteiger partial charge in [-0.2, -0.15) is 0 Å². The summed E-state index contributed by atoms with van der Waals surface area (Å²) in [6, 6.07) is 14.1. The highest BCUT2D eigenvalue weighted by atomic mass is 16.5. The molecule has 0 saturated carbocycles. The number of aryl methyl sites for hydroxylation is 1. The van der Waals surface area contributed by atoms with Crippen molar-refractivity contribution in [2.45, 2.75) is 84.0 Å². The lowest BCUT2D eigenvalue weighted by molar-refractivity contribution is -0.129. The van der Waals surface area contributed by atoms with Crippen molar-refractivity contribution in [1.82, 2.24) is 4.98 Å². The van der Waals surface area contributed by atoms with Crippen LogP contribution >= 0.6 is 0 Å². The first kappa shape index (κ1) is 23.9. The molecule has 0 aliphatic carbocycles. The quantitative estimate of drug-likeness (QED) is 0.186. The summed E-state index contributed by atoms with van der Waals surface area (Å²) in [5, 5.41) is 0. The summed E-state index contributed by atoms with van der Waals surface area (Å²) in [5.41, 5.74) is 2.42. The van der Waals surface area contributed by atoms with Crippen LogP contribution in [0.4, 0.5) is 0 Å². The average molecular weight is 408 g/mol. The Labute approximate surface area is 182 Å². The van der Waals surface area contributed by atoms with E-state index in [0.717, 1.165) is 19.3 Å². The van der Waals surface area contributed by atoms with Crippen LogP contribution in [-0.4, -0.2) is 11.0 Å². The van der Waals surface area contributed by atoms with E-state index in [1.165, 1.54) is 62.1 Å². The molecule has 3 nitrogen and oxygen atoms in total. The third-order valence-corrected chi connectivity index (χ3v) is 5.36. The van der Waals surface area contributed by atoms with Crippen molar-refractivity contribution in [2.24, 2.45) is 0 Å². The molecule has 2 aromatic rings. The zero-order valence-corrected chi connectivity index (χ0v) is 18.7. The van der Waals surface area contributed by atoms with Gasteiger partial charge in [-0.1, -0.05) is 101 Å². The van der Waals surface area contributed by atoms with E-state index in [4.69, 9.17) is 4.74 Å². The molecule has 1 aromatic heterocycles. The fraction of sp³-hybridized carbons (Fsp3) is 0.481. The maximum atomic E-state index is 12.2. The molecule has 0 saturated heterocycles. The molecule has 2 rings (SSSR count). The first-order valence-corrected chi connectivity index (χ1v) is 11.6. The highest BCUT2D eigenvalue weighted by Gasteiger charge is 2.08. The third-order valence-electron chi connectivity index (χ3n) is 5.36. The number of ether oxygens (including phenoxy) is 1. The second-order valence-corrected chi connectivity index (χ2v) is 7.96. The Balaban J connectivity index is 1.76. The molecule has 1 unspecified atom stereocenters. The van der Waals surface area contributed by atoms with E-state index in [0.29, 0.717) is 5.88 Å². The summed E-state index contributed by atoms with van der Waals surface area (Å²) in [6.45, 7) is 4.40. The van der Waals surface area contributed by atoms with Gasteiger partial charge in [-0.05, 0) is 30.4 Å². The smallest absolute Gasteiger partial charge is 0.337 e. The Morgan fingerprint density at radius 1 is 0.933 bits per heavy atom. The van der Waals surface area contributed by atoms with Crippen molar-refractivity contribution < 1.29 is 9.53 Å². The van der Waals surface area contributed by atoms with Gasteiger partial charge in [0.2, 0.25) is 5.88 Å². The van der Waals surface area contributed by atoms with E-state index in [2.05, 4.69) is 31.0 Å². The van der Waals surface area contributed by atoms with Crippen molar-refractivity contribution in [1.29, 1.82) is 0 Å². The number of unbranched alkanes of at least 4 members (excludes halogenated alkanes) is 6. The largest absolute Gasteiger partial charge is 0.404 e. The first-order chi connectivity index (χ1) is 14.7. The molecule has 1 aromatic carbocycles. The normalized spacial score (nSPS) is 12.2. The second-order valence-electron chi connectivity index (χ2n) is 7.96. The van der Waals surface area contributed by atoms with Crippen LogP contribution in [-0.2, 0) is 11.2 Å². The summed E-state index contributed by atoms with van der Waals surface area (Å²) in [6.07, 6.45) is 17.5. The van der Waals surface area contributed by atoms with E-state index in [9.17, 15) is 4.79 Å². The Hall–Kier alpha value is -2.42. The van der Waals surface area contributed by atoms with Gasteiger partial charge >= 0.3 is 5.97 Å². The van der Waals surface area contributed by atoms with Crippen LogP contribution in [0.1, 0.15) is 88.7 Å². The topological polar surface area (TPSA) is 39.2 Å². The van der Waals surface area contributed by atoms with Gasteiger partial charge < -0.3 is 4.74 Å². The standard InChI is InChI=1S/C27H37NO2/c1-3-5-6-7-8-9-11-15-23-18-20-26(28-22-23)30-27(29)21-19-24(14-4-2)25-16-12-10-13-17-25/h10,12-13,16-22,24H,3-9,11,14-15H2,1-2H3. The maximum Gasteiger partial charge on any atom is 0.337 e. The summed E-state index contributed by atoms with van der Waals surface area (Å²) in [5.74, 6) is 0.208. The molecule has 1 atom stereocenters. The fourth-order valence-corrected chi connectivity index (χ4v) is 3.62. The zero-order valence-electron chi connectivity index (χ0n) is 18.7. The van der Waals surface area contributed by atoms with Crippen LogP contribution in [0.3, 0.4) is 0 Å². The van der Waals surface area contributed by atoms with E-state index in [-0.39, 0.29) is 11.9 Å². The molecule has 0 amide bonds. The number of hydrogen-bond acceptors (Lipinski definition) is 3. The summed E-state index contributed by atoms with van der Waals surface area (Å²) >= 11 is 0. The summed E-state index contributed by atoms with van der Waals surface area (Å²) < 4.78 is 5.38. The van der Waals surface area contributed by atoms with Gasteiger partial charge in [0, 0.05) is 24.3 Å². The number of nitrogens with zero attached hydrogens (tertiary/aromatic N) is 1. The van der Waals surface area contributed by atoms with Gasteiger partial charge in [0.15, 0.2) is 0 Å². The lowest BCUT2D eigenvalue weighted by atomic mass is 9.94. The van der Waals surface area contributed by atoms with Gasteiger partial charge in [0.05, 0.1) is 0 Å². The summed E-state index contributed by atoms with van der Waals surface area (Å²) in [7, 11) is 0. The molecule has 0 fully saturated rings. The number of allylic oxidation sites excluding steroid dienone is 1. The SMILES string of the molecule is CCCCCCCCCc1ccc(OC(=O)C=CC(CCC)c2ccccc2)nc1. The molecular formula is C27H37NO2. The molecule has 0 bridgehead atoms. The molecular weight excluding hydrogens is 370 g/mol. The van der Waals surface area contributed by atoms with Crippen LogP contribution in [0.15, 0.2) is 60.8 Å². The molecule has 0 N–H and O–H groups in total. The second kappa shape index (κ2) is 14.5. The van der Waals surface area contributed by atoms with Gasteiger partial charge in [0.25, 0.3) is 0 Å². The zero-order chi connectivity index (χ0) is 21.4. The number of esters is 1. The molecule has 0 aliphatic rings. The molecule has 1 heterocycles. The lowest BCUT2D eigenvalue weighted by Gasteiger charge is -2.11. The van der Waals surface area contributed by atoms with Crippen LogP contribution in [0, 0.1) is 0 Å². The lowest BCUT2D eigenvalue weighted by Crippen LogP contribution is -2.06. The Morgan fingerprint density at radius 3 is 2.33 bits per heavy atom. The number of pyridine rings is 1. The van der Waals surface area contributed by atoms with E-state index in [1.54, 1.807) is 6.07 Å². The van der Waals surface area contributed by atoms with Crippen LogP contribution < -0.4 is 4.74 Å². The third kappa shape index (κ3) is 9.39. The minimum Gasteiger partial charge on any atom is -0.404 e. The molecule has 30 heavy (non-hydrogen) atoms. The Bertz CT molecular complexity index is 737. The van der Waals surface area contributed by atoms with Crippen LogP contribution in [0.25, 0.3) is 0 Å². The Kier molecular flexibility index (Phi) is 11.6. The minimum absolute atomic E-state index is 0.223. The van der Waals surface area contributed by atoms with Crippen LogP contribution in [0.2, 0.25) is 0 Å². The molecule has 0 radical (unpaired) electrons. The number of benzene rings is 1. The van der Waals surface area contributed by atoms with Crippen molar-refractivity contribution in [3.8, 4) is 5.88 Å². The van der Waals surface area contributed by atoms with Gasteiger partial charge in [-0.15, -0.1) is 0 Å². The van der Waals surface area contributed by atoms with E-state index >= 15 is 0 Å². The van der Waals surface area contributed by atoms with Crippen molar-refractivity contribution in [2.75, 3.05) is 0 Å². The Morgan fingerprint density at radius 2 is 1.67 bits per heavy atom. The predicted octanol–water partition coefficient (Wildman–Crippen LogP) is 7.42. The monoisotopic (exact) mass is 407 g/mol. The molecule has 3 heteroatoms. The van der Waals surface area contributed by atoms with Crippen LogP contribution in [0.5, 0.6) is 5.88 Å². The van der Waals surface area contributed by atoms with Gasteiger partial charge in [-0.25, -0.2) is 9.78 Å². The summed E-state index contributed by atoms with van der Waals surface area (Å²) in [4.78, 5) is 16.5. The van der Waals surface area contributed by atoms with Gasteiger partial charge in [0.1, 0.15) is 0 Å². The first-order valence-electron chi connectivity index (χ1n) is 11.6. The van der Waals surface area contributed by atoms with Gasteiger partial charge in [-0.3, -0.25) is 0 Å². The number of carbonyl (C=O) groups is 1. The average Bonchev–Trinajstić information content (AvgIpc) is 2.77. The highest BCUT2D eigenvalue weighted by Crippen LogP contribution is 2.22. The molecule has 0 spiro atoms. The minimum atomic E-state index is -0.376. The van der Waals surface area contributed by atoms with E-state index < -0.39 is 0 Å². The number of rotatable bonds is 14. The van der Waals surface area contributed by atoms with Crippen molar-refractivity contribution in [3.63, 3.8) is 0 Å². The number of aromatic nitrogens is 1. The molecule has 162 valence electrons. The highest BCUT2D eigenvalue weighted by molar-refractivity contribution is 5.83. The maximum absolute atomic E-state index is 12.2. The number of hydrogen-bond donors (Lipinski definition) is 0. The van der Waals surface area contributed by atoms with E-state index in [1.807, 2.05) is 36.5 Å². The fourth-order valence-electron chi connectivity index (χ4n) is 3.62. The number of carbonyl (C=O) groups excluding carboxylic acids is 1. The van der Waals surface area contributed by atoms with Crippen molar-refractivity contribution >= 4 is 5.97 Å². The predicted molar refractivity (Wildman–Crippen MR) is 125 cm³/mol.